The maximum absolute atomic E-state index is 12.0. The molecule has 0 radical (unpaired) electrons. The van der Waals surface area contributed by atoms with Gasteiger partial charge < -0.3 is 21.1 Å². The van der Waals surface area contributed by atoms with Crippen LogP contribution in [-0.2, 0) is 9.59 Å². The molecule has 1 aliphatic carbocycles. The van der Waals surface area contributed by atoms with Crippen molar-refractivity contribution in [3.8, 4) is 0 Å². The molecule has 1 aromatic carbocycles. The van der Waals surface area contributed by atoms with E-state index in [-0.39, 0.29) is 18.4 Å². The molecule has 2 rings (SSSR count). The van der Waals surface area contributed by atoms with Gasteiger partial charge in [0, 0.05) is 19.0 Å². The number of amides is 3. The fraction of sp³-hybridized carbons (Fsp3) is 0.571. The number of benzene rings is 1. The summed E-state index contributed by atoms with van der Waals surface area (Å²) in [6.45, 7) is 0.571. The summed E-state index contributed by atoms with van der Waals surface area (Å²) in [5.74, 6) is -1.35. The molecule has 1 atom stereocenters. The first kappa shape index (κ1) is 21.7. The van der Waals surface area contributed by atoms with Crippen molar-refractivity contribution < 1.29 is 19.5 Å². The van der Waals surface area contributed by atoms with Crippen molar-refractivity contribution in [3.63, 3.8) is 0 Å². The highest BCUT2D eigenvalue weighted by Gasteiger charge is 2.21. The third kappa shape index (κ3) is 7.98. The van der Waals surface area contributed by atoms with Crippen LogP contribution in [0.2, 0.25) is 0 Å². The maximum Gasteiger partial charge on any atom is 0.330 e. The summed E-state index contributed by atoms with van der Waals surface area (Å²) in [6, 6.07) is 7.81. The van der Waals surface area contributed by atoms with Gasteiger partial charge >= 0.3 is 12.0 Å². The number of unbranched alkanes of at least 4 members (excludes halogenated alkanes) is 2. The van der Waals surface area contributed by atoms with Gasteiger partial charge in [-0.3, -0.25) is 4.79 Å². The van der Waals surface area contributed by atoms with Crippen LogP contribution in [0.25, 0.3) is 0 Å². The van der Waals surface area contributed by atoms with Gasteiger partial charge in [-0.2, -0.15) is 0 Å². The van der Waals surface area contributed by atoms with Gasteiger partial charge in [-0.1, -0.05) is 56.0 Å². The molecule has 1 aromatic rings. The predicted octanol–water partition coefficient (Wildman–Crippen LogP) is 3.12. The molecular weight excluding hydrogens is 358 g/mol. The van der Waals surface area contributed by atoms with Crippen LogP contribution in [0.15, 0.2) is 30.3 Å². The number of urea groups is 1. The fourth-order valence-corrected chi connectivity index (χ4v) is 3.44. The summed E-state index contributed by atoms with van der Waals surface area (Å²) in [7, 11) is 0. The largest absolute Gasteiger partial charge is 0.479 e. The highest BCUT2D eigenvalue weighted by Crippen LogP contribution is 2.17. The van der Waals surface area contributed by atoms with E-state index >= 15 is 0 Å². The highest BCUT2D eigenvalue weighted by molar-refractivity contribution is 5.84. The van der Waals surface area contributed by atoms with Crippen molar-refractivity contribution >= 4 is 17.9 Å². The van der Waals surface area contributed by atoms with E-state index in [4.69, 9.17) is 0 Å². The van der Waals surface area contributed by atoms with Crippen LogP contribution in [0, 0.1) is 0 Å². The van der Waals surface area contributed by atoms with Crippen molar-refractivity contribution in [2.24, 2.45) is 0 Å². The van der Waals surface area contributed by atoms with Gasteiger partial charge in [-0.05, 0) is 31.2 Å². The minimum atomic E-state index is -1.08. The summed E-state index contributed by atoms with van der Waals surface area (Å²) >= 11 is 0. The first-order chi connectivity index (χ1) is 13.6. The molecule has 0 spiro atoms. The normalized spacial score (nSPS) is 15.4. The zero-order chi connectivity index (χ0) is 20.2. The molecule has 7 heteroatoms. The summed E-state index contributed by atoms with van der Waals surface area (Å²) in [4.78, 5) is 35.3. The van der Waals surface area contributed by atoms with Crippen LogP contribution in [-0.4, -0.2) is 35.6 Å². The van der Waals surface area contributed by atoms with Crippen LogP contribution in [0.3, 0.4) is 0 Å². The van der Waals surface area contributed by atoms with E-state index in [2.05, 4.69) is 16.0 Å². The average molecular weight is 389 g/mol. The van der Waals surface area contributed by atoms with Crippen LogP contribution < -0.4 is 16.0 Å². The monoisotopic (exact) mass is 389 g/mol. The Kier molecular flexibility index (Phi) is 9.31. The Morgan fingerprint density at radius 1 is 1.00 bits per heavy atom. The quantitative estimate of drug-likeness (QED) is 0.461. The van der Waals surface area contributed by atoms with Gasteiger partial charge in [0.05, 0.1) is 0 Å². The Morgan fingerprint density at radius 2 is 1.71 bits per heavy atom. The predicted molar refractivity (Wildman–Crippen MR) is 107 cm³/mol. The van der Waals surface area contributed by atoms with Gasteiger partial charge in [-0.25, -0.2) is 9.59 Å². The fourth-order valence-electron chi connectivity index (χ4n) is 3.44. The standard InChI is InChI=1S/C21H31N3O4/c25-18(24-19(20(26)27)16-10-4-1-5-11-16)14-8-3-9-15-22-21(28)23-17-12-6-2-7-13-17/h1,4-5,10-11,17,19H,2-3,6-9,12-15H2,(H,24,25)(H,26,27)(H2,22,23,28)/t19-/m0/s1. The van der Waals surface area contributed by atoms with E-state index in [1.807, 2.05) is 0 Å². The molecule has 4 N–H and O–H groups in total. The van der Waals surface area contributed by atoms with Gasteiger partial charge in [0.1, 0.15) is 0 Å². The Hall–Kier alpha value is -2.57. The summed E-state index contributed by atoms with van der Waals surface area (Å²) in [6.07, 6.45) is 8.23. The second-order valence-electron chi connectivity index (χ2n) is 7.30. The lowest BCUT2D eigenvalue weighted by Crippen LogP contribution is -2.43. The zero-order valence-corrected chi connectivity index (χ0v) is 16.3. The molecule has 154 valence electrons. The Bertz CT molecular complexity index is 630. The summed E-state index contributed by atoms with van der Waals surface area (Å²) in [5, 5.41) is 17.8. The van der Waals surface area contributed by atoms with Crippen molar-refractivity contribution in [2.45, 2.75) is 69.9 Å². The number of aliphatic carboxylic acids is 1. The van der Waals surface area contributed by atoms with E-state index in [0.29, 0.717) is 24.6 Å². The zero-order valence-electron chi connectivity index (χ0n) is 16.3. The van der Waals surface area contributed by atoms with Crippen LogP contribution in [0.4, 0.5) is 4.79 Å². The third-order valence-corrected chi connectivity index (χ3v) is 4.99. The lowest BCUT2D eigenvalue weighted by atomic mass is 9.96. The SMILES string of the molecule is O=C(CCCCCNC(=O)NC1CCCCC1)N[C@H](C(=O)O)c1ccccc1. The second kappa shape index (κ2) is 12.0. The van der Waals surface area contributed by atoms with Crippen molar-refractivity contribution in [2.75, 3.05) is 6.54 Å². The van der Waals surface area contributed by atoms with Gasteiger partial charge in [-0.15, -0.1) is 0 Å². The number of carboxylic acid groups (broad SMARTS) is 1. The molecule has 3 amide bonds. The van der Waals surface area contributed by atoms with Crippen molar-refractivity contribution in [1.82, 2.24) is 16.0 Å². The maximum atomic E-state index is 12.0. The van der Waals surface area contributed by atoms with Crippen LogP contribution >= 0.6 is 0 Å². The molecule has 0 unspecified atom stereocenters. The molecule has 1 fully saturated rings. The molecule has 1 saturated carbocycles. The Labute approximate surface area is 166 Å². The minimum Gasteiger partial charge on any atom is -0.479 e. The van der Waals surface area contributed by atoms with E-state index < -0.39 is 12.0 Å². The van der Waals surface area contributed by atoms with Gasteiger partial charge in [0.25, 0.3) is 0 Å². The number of hydrogen-bond acceptors (Lipinski definition) is 3. The third-order valence-electron chi connectivity index (χ3n) is 4.99. The smallest absolute Gasteiger partial charge is 0.330 e. The first-order valence-corrected chi connectivity index (χ1v) is 10.2. The van der Waals surface area contributed by atoms with E-state index in [9.17, 15) is 19.5 Å². The average Bonchev–Trinajstić information content (AvgIpc) is 2.70. The summed E-state index contributed by atoms with van der Waals surface area (Å²) in [5.41, 5.74) is 0.552. The Balaban J connectivity index is 1.56. The summed E-state index contributed by atoms with van der Waals surface area (Å²) < 4.78 is 0. The lowest BCUT2D eigenvalue weighted by molar-refractivity contribution is -0.142. The van der Waals surface area contributed by atoms with Crippen molar-refractivity contribution in [1.29, 1.82) is 0 Å². The second-order valence-corrected chi connectivity index (χ2v) is 7.30. The number of nitrogens with one attached hydrogen (secondary N) is 3. The van der Waals surface area contributed by atoms with Crippen molar-refractivity contribution in [3.05, 3.63) is 35.9 Å². The number of carbonyl (C=O) groups is 3. The number of rotatable bonds is 10. The molecule has 1 aliphatic rings. The van der Waals surface area contributed by atoms with E-state index in [1.54, 1.807) is 30.3 Å². The minimum absolute atomic E-state index is 0.114. The molecular formula is C21H31N3O4. The van der Waals surface area contributed by atoms with E-state index in [0.717, 1.165) is 25.7 Å². The highest BCUT2D eigenvalue weighted by atomic mass is 16.4. The molecule has 0 aromatic heterocycles. The molecule has 0 heterocycles. The molecule has 0 bridgehead atoms. The van der Waals surface area contributed by atoms with E-state index in [1.165, 1.54) is 19.3 Å². The number of carboxylic acids is 1. The van der Waals surface area contributed by atoms with Gasteiger partial charge in [0.2, 0.25) is 5.91 Å². The molecule has 28 heavy (non-hydrogen) atoms. The molecule has 0 aliphatic heterocycles. The number of carbonyl (C=O) groups excluding carboxylic acids is 2. The molecule has 0 saturated heterocycles. The van der Waals surface area contributed by atoms with Crippen LogP contribution in [0.1, 0.15) is 69.4 Å². The molecule has 7 nitrogen and oxygen atoms in total. The van der Waals surface area contributed by atoms with Crippen LogP contribution in [0.5, 0.6) is 0 Å². The Morgan fingerprint density at radius 3 is 2.39 bits per heavy atom. The lowest BCUT2D eigenvalue weighted by Gasteiger charge is -2.22. The number of hydrogen-bond donors (Lipinski definition) is 4. The first-order valence-electron chi connectivity index (χ1n) is 10.2. The topological polar surface area (TPSA) is 108 Å². The van der Waals surface area contributed by atoms with Gasteiger partial charge in [0.15, 0.2) is 6.04 Å².